The highest BCUT2D eigenvalue weighted by molar-refractivity contribution is 7.47. The molecule has 0 radical (unpaired) electrons. The molecule has 0 heterocycles. The van der Waals surface area contributed by atoms with Crippen LogP contribution in [0.5, 0.6) is 0 Å². The van der Waals surface area contributed by atoms with Crippen LogP contribution in [0, 0.1) is 0 Å². The van der Waals surface area contributed by atoms with Crippen LogP contribution in [0.1, 0.15) is 213 Å². The maximum absolute atomic E-state index is 12.5. The van der Waals surface area contributed by atoms with Gasteiger partial charge >= 0.3 is 19.8 Å². The van der Waals surface area contributed by atoms with Crippen LogP contribution in [0.2, 0.25) is 0 Å². The van der Waals surface area contributed by atoms with E-state index in [-0.39, 0.29) is 38.6 Å². The van der Waals surface area contributed by atoms with Gasteiger partial charge in [-0.15, -0.1) is 0 Å². The number of unbranched alkanes of at least 4 members (excludes halogenated alkanes) is 27. The number of hydrogen-bond donors (Lipinski definition) is 2. The molecule has 50 heavy (non-hydrogen) atoms. The van der Waals surface area contributed by atoms with Crippen molar-refractivity contribution in [2.24, 2.45) is 5.73 Å². The van der Waals surface area contributed by atoms with Gasteiger partial charge in [0.05, 0.1) is 13.2 Å². The maximum atomic E-state index is 12.5. The number of ether oxygens (including phenoxy) is 2. The zero-order chi connectivity index (χ0) is 36.8. The Morgan fingerprint density at radius 1 is 0.520 bits per heavy atom. The minimum absolute atomic E-state index is 0.0579. The van der Waals surface area contributed by atoms with E-state index in [9.17, 15) is 19.0 Å². The molecule has 2 atom stereocenters. The third-order valence-corrected chi connectivity index (χ3v) is 10.2. The van der Waals surface area contributed by atoms with Crippen molar-refractivity contribution >= 4 is 19.8 Å². The molecule has 0 saturated heterocycles. The molecule has 0 spiro atoms. The van der Waals surface area contributed by atoms with E-state index >= 15 is 0 Å². The highest BCUT2D eigenvalue weighted by atomic mass is 31.2. The monoisotopic (exact) mass is 734 g/mol. The minimum Gasteiger partial charge on any atom is -0.462 e. The van der Waals surface area contributed by atoms with Crippen molar-refractivity contribution in [3.8, 4) is 0 Å². The molecule has 0 aliphatic heterocycles. The first kappa shape index (κ1) is 49.0. The van der Waals surface area contributed by atoms with Crippen LogP contribution in [0.3, 0.4) is 0 Å². The summed E-state index contributed by atoms with van der Waals surface area (Å²) in [4.78, 5) is 34.7. The van der Waals surface area contributed by atoms with Crippen LogP contribution >= 0.6 is 7.82 Å². The molecule has 0 aliphatic carbocycles. The van der Waals surface area contributed by atoms with E-state index in [2.05, 4.69) is 13.8 Å². The van der Waals surface area contributed by atoms with E-state index in [1.807, 2.05) is 0 Å². The minimum atomic E-state index is -4.36. The fraction of sp³-hybridized carbons (Fsp3) is 0.950. The number of hydrogen-bond acceptors (Lipinski definition) is 8. The standard InChI is InChI=1S/C40H80NO8P/c1-3-5-7-9-11-13-15-16-17-18-19-20-21-23-24-26-28-30-32-39(42)46-36-38(37-48-50(44,45)47-35-34-41)49-40(43)33-31-29-27-25-22-14-12-10-8-6-4-2/h38H,3-37,41H2,1-2H3,(H,44,45)/t38-/m1/s1. The average molecular weight is 734 g/mol. The lowest BCUT2D eigenvalue weighted by atomic mass is 10.0. The van der Waals surface area contributed by atoms with Crippen molar-refractivity contribution < 1.29 is 37.6 Å². The number of carbonyl (C=O) groups excluding carboxylic acids is 2. The summed E-state index contributed by atoms with van der Waals surface area (Å²) in [7, 11) is -4.36. The van der Waals surface area contributed by atoms with E-state index in [0.717, 1.165) is 32.1 Å². The molecule has 298 valence electrons. The van der Waals surface area contributed by atoms with Gasteiger partial charge in [-0.3, -0.25) is 18.6 Å². The normalized spacial score (nSPS) is 13.3. The highest BCUT2D eigenvalue weighted by Crippen LogP contribution is 2.43. The molecule has 0 aromatic carbocycles. The third kappa shape index (κ3) is 36.8. The van der Waals surface area contributed by atoms with E-state index in [1.165, 1.54) is 148 Å². The number of nitrogens with two attached hydrogens (primary N) is 1. The van der Waals surface area contributed by atoms with Crippen LogP contribution in [-0.2, 0) is 32.7 Å². The van der Waals surface area contributed by atoms with Gasteiger partial charge in [0, 0.05) is 19.4 Å². The molecule has 1 unspecified atom stereocenters. The molecule has 0 amide bonds. The van der Waals surface area contributed by atoms with Crippen LogP contribution < -0.4 is 5.73 Å². The Morgan fingerprint density at radius 2 is 0.860 bits per heavy atom. The number of esters is 2. The van der Waals surface area contributed by atoms with Crippen molar-refractivity contribution in [1.82, 2.24) is 0 Å². The summed E-state index contributed by atoms with van der Waals surface area (Å²) < 4.78 is 32.7. The first-order valence-corrected chi connectivity index (χ1v) is 22.5. The predicted octanol–water partition coefficient (Wildman–Crippen LogP) is 11.7. The summed E-state index contributed by atoms with van der Waals surface area (Å²) in [5, 5.41) is 0. The van der Waals surface area contributed by atoms with Gasteiger partial charge in [-0.05, 0) is 12.8 Å². The highest BCUT2D eigenvalue weighted by Gasteiger charge is 2.26. The second-order valence-electron chi connectivity index (χ2n) is 14.2. The third-order valence-electron chi connectivity index (χ3n) is 9.24. The molecular formula is C40H80NO8P. The van der Waals surface area contributed by atoms with Gasteiger partial charge in [0.25, 0.3) is 0 Å². The van der Waals surface area contributed by atoms with Gasteiger partial charge < -0.3 is 20.1 Å². The summed E-state index contributed by atoms with van der Waals surface area (Å²) >= 11 is 0. The summed E-state index contributed by atoms with van der Waals surface area (Å²) in [6.45, 7) is 3.75. The first-order chi connectivity index (χ1) is 24.3. The Hall–Kier alpha value is -0.990. The van der Waals surface area contributed by atoms with E-state index in [1.54, 1.807) is 0 Å². The molecule has 0 bridgehead atoms. The Morgan fingerprint density at radius 3 is 1.22 bits per heavy atom. The van der Waals surface area contributed by atoms with Gasteiger partial charge in [-0.2, -0.15) is 0 Å². The molecular weight excluding hydrogens is 653 g/mol. The second-order valence-corrected chi connectivity index (χ2v) is 15.7. The van der Waals surface area contributed by atoms with Crippen LogP contribution in [0.4, 0.5) is 0 Å². The largest absolute Gasteiger partial charge is 0.472 e. The lowest BCUT2D eigenvalue weighted by molar-refractivity contribution is -0.161. The van der Waals surface area contributed by atoms with Crippen LogP contribution in [0.25, 0.3) is 0 Å². The van der Waals surface area contributed by atoms with Crippen molar-refractivity contribution in [2.45, 2.75) is 219 Å². The maximum Gasteiger partial charge on any atom is 0.472 e. The second kappa shape index (κ2) is 37.8. The van der Waals surface area contributed by atoms with Crippen molar-refractivity contribution in [2.75, 3.05) is 26.4 Å². The molecule has 0 rings (SSSR count). The van der Waals surface area contributed by atoms with E-state index in [0.29, 0.717) is 6.42 Å². The summed E-state index contributed by atoms with van der Waals surface area (Å²) in [6.07, 6.45) is 35.6. The quantitative estimate of drug-likeness (QED) is 0.0358. The summed E-state index contributed by atoms with van der Waals surface area (Å²) in [5.74, 6) is -0.816. The molecule has 10 heteroatoms. The molecule has 0 aromatic rings. The van der Waals surface area contributed by atoms with E-state index < -0.39 is 26.5 Å². The number of phosphoric acid groups is 1. The van der Waals surface area contributed by atoms with Gasteiger partial charge in [0.2, 0.25) is 0 Å². The SMILES string of the molecule is CCCCCCCCCCCCCCCCCCCCC(=O)OC[C@H](COP(=O)(O)OCCN)OC(=O)CCCCCCCCCCCCC. The molecule has 0 aliphatic rings. The molecule has 3 N–H and O–H groups in total. The Balaban J connectivity index is 4.07. The Labute approximate surface area is 307 Å². The lowest BCUT2D eigenvalue weighted by Crippen LogP contribution is -2.29. The average Bonchev–Trinajstić information content (AvgIpc) is 3.10. The number of phosphoric ester groups is 1. The lowest BCUT2D eigenvalue weighted by Gasteiger charge is -2.19. The molecule has 9 nitrogen and oxygen atoms in total. The number of rotatable bonds is 40. The fourth-order valence-electron chi connectivity index (χ4n) is 6.11. The Kier molecular flexibility index (Phi) is 37.0. The van der Waals surface area contributed by atoms with Gasteiger partial charge in [-0.25, -0.2) is 4.57 Å². The predicted molar refractivity (Wildman–Crippen MR) is 206 cm³/mol. The van der Waals surface area contributed by atoms with Gasteiger partial charge in [-0.1, -0.05) is 187 Å². The van der Waals surface area contributed by atoms with Crippen molar-refractivity contribution in [3.63, 3.8) is 0 Å². The van der Waals surface area contributed by atoms with Crippen LogP contribution in [0.15, 0.2) is 0 Å². The topological polar surface area (TPSA) is 134 Å². The van der Waals surface area contributed by atoms with Crippen molar-refractivity contribution in [1.29, 1.82) is 0 Å². The first-order valence-electron chi connectivity index (χ1n) is 21.0. The molecule has 0 fully saturated rings. The number of carbonyl (C=O) groups is 2. The van der Waals surface area contributed by atoms with E-state index in [4.69, 9.17) is 24.3 Å². The van der Waals surface area contributed by atoms with Gasteiger partial charge in [0.15, 0.2) is 6.10 Å². The Bertz CT molecular complexity index is 799. The molecule has 0 saturated carbocycles. The fourth-order valence-corrected chi connectivity index (χ4v) is 6.87. The summed E-state index contributed by atoms with van der Waals surface area (Å²) in [6, 6.07) is 0. The molecule has 0 aromatic heterocycles. The van der Waals surface area contributed by atoms with Crippen LogP contribution in [-0.4, -0.2) is 49.3 Å². The van der Waals surface area contributed by atoms with Gasteiger partial charge in [0.1, 0.15) is 6.61 Å². The zero-order valence-corrected chi connectivity index (χ0v) is 33.6. The smallest absolute Gasteiger partial charge is 0.462 e. The summed E-state index contributed by atoms with van der Waals surface area (Å²) in [5.41, 5.74) is 5.34. The van der Waals surface area contributed by atoms with Crippen molar-refractivity contribution in [3.05, 3.63) is 0 Å². The zero-order valence-electron chi connectivity index (χ0n) is 32.7.